The van der Waals surface area contributed by atoms with Crippen molar-refractivity contribution in [2.45, 2.75) is 8.56 Å². The molecule has 0 aromatic rings. The summed E-state index contributed by atoms with van der Waals surface area (Å²) in [5, 5.41) is 0.905. The van der Waals surface area contributed by atoms with E-state index in [1.807, 2.05) is 0 Å². The topological polar surface area (TPSA) is 0 Å². The highest BCUT2D eigenvalue weighted by Gasteiger charge is 2.06. The lowest BCUT2D eigenvalue weighted by Crippen LogP contribution is -2.01. The maximum absolute atomic E-state index is 3.44. The largest absolute Gasteiger partial charge is 0.0883 e. The van der Waals surface area contributed by atoms with Gasteiger partial charge in [-0.25, -0.2) is 0 Å². The Labute approximate surface area is 89.0 Å². The maximum Gasteiger partial charge on any atom is 0.0857 e. The number of hydrogen-bond acceptors (Lipinski definition) is 0. The van der Waals surface area contributed by atoms with Crippen LogP contribution < -0.4 is 0 Å². The molecule has 0 aliphatic carbocycles. The van der Waals surface area contributed by atoms with Gasteiger partial charge in [0.1, 0.15) is 0 Å². The van der Waals surface area contributed by atoms with Gasteiger partial charge in [0.15, 0.2) is 0 Å². The van der Waals surface area contributed by atoms with Crippen LogP contribution in [0, 0.1) is 0 Å². The standard InChI is InChI=1S/C5H6Br4/c6-3-1-2-4(7)5(8)9/h1-2,4-5H,3H2. The smallest absolute Gasteiger partial charge is 0.0857 e. The first-order valence-electron chi connectivity index (χ1n) is 2.33. The molecular formula is C5H6Br4. The molecule has 0 heterocycles. The zero-order chi connectivity index (χ0) is 7.28. The minimum absolute atomic E-state index is 0.306. The molecule has 9 heavy (non-hydrogen) atoms. The number of rotatable bonds is 3. The summed E-state index contributed by atoms with van der Waals surface area (Å²) < 4.78 is 0.306. The Morgan fingerprint density at radius 3 is 2.11 bits per heavy atom. The normalized spacial score (nSPS) is 15.2. The number of allylic oxidation sites excluding steroid dienone is 2. The van der Waals surface area contributed by atoms with Gasteiger partial charge in [0.05, 0.1) is 8.56 Å². The third kappa shape index (κ3) is 6.07. The van der Waals surface area contributed by atoms with E-state index >= 15 is 0 Å². The van der Waals surface area contributed by atoms with Crippen LogP contribution in [0.4, 0.5) is 0 Å². The van der Waals surface area contributed by atoms with Gasteiger partial charge >= 0.3 is 0 Å². The van der Waals surface area contributed by atoms with Crippen LogP contribution in [0.15, 0.2) is 12.2 Å². The molecule has 1 atom stereocenters. The molecule has 0 bridgehead atoms. The lowest BCUT2D eigenvalue weighted by molar-refractivity contribution is 1.26. The third-order valence-corrected chi connectivity index (χ3v) is 4.42. The van der Waals surface area contributed by atoms with Crippen LogP contribution in [-0.4, -0.2) is 13.9 Å². The Balaban J connectivity index is 3.48. The molecule has 54 valence electrons. The molecule has 0 nitrogen and oxygen atoms in total. The van der Waals surface area contributed by atoms with Crippen LogP contribution in [0.5, 0.6) is 0 Å². The summed E-state index contributed by atoms with van der Waals surface area (Å²) in [7, 11) is 0. The molecule has 0 saturated carbocycles. The van der Waals surface area contributed by atoms with Gasteiger partial charge in [-0.1, -0.05) is 75.9 Å². The lowest BCUT2D eigenvalue weighted by Gasteiger charge is -2.02. The highest BCUT2D eigenvalue weighted by atomic mass is 79.9. The van der Waals surface area contributed by atoms with Crippen molar-refractivity contribution < 1.29 is 0 Å². The first kappa shape index (κ1) is 10.7. The molecule has 0 aromatic heterocycles. The van der Waals surface area contributed by atoms with Gasteiger partial charge in [-0.3, -0.25) is 0 Å². The summed E-state index contributed by atoms with van der Waals surface area (Å²) in [4.78, 5) is 0.357. The summed E-state index contributed by atoms with van der Waals surface area (Å²) in [6.45, 7) is 0. The maximum atomic E-state index is 3.44. The molecule has 0 N–H and O–H groups in total. The number of hydrogen-bond donors (Lipinski definition) is 0. The zero-order valence-corrected chi connectivity index (χ0v) is 10.9. The second-order valence-corrected chi connectivity index (χ2v) is 6.27. The van der Waals surface area contributed by atoms with E-state index in [4.69, 9.17) is 0 Å². The molecule has 0 spiro atoms. The van der Waals surface area contributed by atoms with Crippen molar-refractivity contribution in [1.29, 1.82) is 0 Å². The van der Waals surface area contributed by atoms with Crippen molar-refractivity contribution in [1.82, 2.24) is 0 Å². The van der Waals surface area contributed by atoms with Crippen LogP contribution in [-0.2, 0) is 0 Å². The zero-order valence-electron chi connectivity index (χ0n) is 4.53. The summed E-state index contributed by atoms with van der Waals surface area (Å²) >= 11 is 13.5. The van der Waals surface area contributed by atoms with Crippen LogP contribution >= 0.6 is 63.7 Å². The van der Waals surface area contributed by atoms with E-state index in [1.165, 1.54) is 0 Å². The Morgan fingerprint density at radius 2 is 1.78 bits per heavy atom. The van der Waals surface area contributed by atoms with E-state index in [2.05, 4.69) is 75.9 Å². The van der Waals surface area contributed by atoms with E-state index in [0.29, 0.717) is 8.56 Å². The third-order valence-electron chi connectivity index (χ3n) is 0.650. The molecule has 0 aliphatic rings. The predicted molar refractivity (Wildman–Crippen MR) is 57.3 cm³/mol. The van der Waals surface area contributed by atoms with Crippen molar-refractivity contribution >= 4 is 63.7 Å². The van der Waals surface area contributed by atoms with Crippen LogP contribution in [0.25, 0.3) is 0 Å². The molecular weight excluding hydrogens is 380 g/mol. The Kier molecular flexibility index (Phi) is 7.55. The van der Waals surface area contributed by atoms with Crippen LogP contribution in [0.1, 0.15) is 0 Å². The van der Waals surface area contributed by atoms with E-state index in [1.54, 1.807) is 0 Å². The minimum atomic E-state index is 0.306. The average molecular weight is 386 g/mol. The van der Waals surface area contributed by atoms with Crippen molar-refractivity contribution in [3.63, 3.8) is 0 Å². The van der Waals surface area contributed by atoms with Gasteiger partial charge < -0.3 is 0 Å². The minimum Gasteiger partial charge on any atom is -0.0883 e. The first-order valence-corrected chi connectivity index (χ1v) is 6.20. The van der Waals surface area contributed by atoms with Crippen molar-refractivity contribution in [2.24, 2.45) is 0 Å². The summed E-state index contributed by atoms with van der Waals surface area (Å²) in [6.07, 6.45) is 4.12. The predicted octanol–water partition coefficient (Wildman–Crippen LogP) is 3.82. The van der Waals surface area contributed by atoms with Gasteiger partial charge in [0, 0.05) is 5.33 Å². The quantitative estimate of drug-likeness (QED) is 0.512. The monoisotopic (exact) mass is 382 g/mol. The summed E-state index contributed by atoms with van der Waals surface area (Å²) in [5.74, 6) is 0. The van der Waals surface area contributed by atoms with E-state index in [-0.39, 0.29) is 0 Å². The fourth-order valence-corrected chi connectivity index (χ4v) is 1.05. The van der Waals surface area contributed by atoms with Gasteiger partial charge in [-0.15, -0.1) is 0 Å². The Morgan fingerprint density at radius 1 is 1.22 bits per heavy atom. The molecule has 4 heteroatoms. The van der Waals surface area contributed by atoms with E-state index < -0.39 is 0 Å². The average Bonchev–Trinajstić information content (AvgIpc) is 1.82. The van der Waals surface area contributed by atoms with Crippen molar-refractivity contribution in [3.05, 3.63) is 12.2 Å². The van der Waals surface area contributed by atoms with E-state index in [0.717, 1.165) is 5.33 Å². The molecule has 0 radical (unpaired) electrons. The second-order valence-electron chi connectivity index (χ2n) is 1.36. The SMILES string of the molecule is BrCC=CC(Br)C(Br)Br. The van der Waals surface area contributed by atoms with Crippen LogP contribution in [0.3, 0.4) is 0 Å². The molecule has 0 aliphatic heterocycles. The first-order chi connectivity index (χ1) is 4.18. The summed E-state index contributed by atoms with van der Waals surface area (Å²) in [5.41, 5.74) is 0. The summed E-state index contributed by atoms with van der Waals surface area (Å²) in [6, 6.07) is 0. The van der Waals surface area contributed by atoms with Crippen molar-refractivity contribution in [2.75, 3.05) is 5.33 Å². The van der Waals surface area contributed by atoms with Crippen LogP contribution in [0.2, 0.25) is 0 Å². The van der Waals surface area contributed by atoms with Gasteiger partial charge in [-0.05, 0) is 0 Å². The van der Waals surface area contributed by atoms with E-state index in [9.17, 15) is 0 Å². The molecule has 0 amide bonds. The van der Waals surface area contributed by atoms with Gasteiger partial charge in [-0.2, -0.15) is 0 Å². The van der Waals surface area contributed by atoms with Crippen molar-refractivity contribution in [3.8, 4) is 0 Å². The van der Waals surface area contributed by atoms with Gasteiger partial charge in [0.2, 0.25) is 0 Å². The highest BCUT2D eigenvalue weighted by molar-refractivity contribution is 9.25. The lowest BCUT2D eigenvalue weighted by atomic mass is 10.4. The van der Waals surface area contributed by atoms with Gasteiger partial charge in [0.25, 0.3) is 0 Å². The Hall–Kier alpha value is 1.66. The molecule has 0 fully saturated rings. The highest BCUT2D eigenvalue weighted by Crippen LogP contribution is 2.20. The molecule has 0 rings (SSSR count). The second kappa shape index (κ2) is 6.38. The molecule has 1 unspecified atom stereocenters. The molecule has 0 saturated heterocycles. The Bertz CT molecular complexity index is 89.0. The fraction of sp³-hybridized carbons (Fsp3) is 0.600. The number of halogens is 4. The molecule has 0 aromatic carbocycles. The fourth-order valence-electron chi connectivity index (χ4n) is 0.265. The number of alkyl halides is 4.